The Kier molecular flexibility index (Phi) is 25.4. The fourth-order valence-corrected chi connectivity index (χ4v) is 22.0. The van der Waals surface area contributed by atoms with Crippen molar-refractivity contribution in [2.24, 2.45) is 0 Å². The minimum atomic E-state index is -0.944. The van der Waals surface area contributed by atoms with E-state index in [0.29, 0.717) is 0 Å². The highest BCUT2D eigenvalue weighted by molar-refractivity contribution is 8.32. The summed E-state index contributed by atoms with van der Waals surface area (Å²) in [5, 5.41) is 0. The number of allylic oxidation sites excluding steroid dienone is 6. The average Bonchev–Trinajstić information content (AvgIpc) is 1.44. The van der Waals surface area contributed by atoms with Crippen LogP contribution in [0.1, 0.15) is 16.7 Å². The summed E-state index contributed by atoms with van der Waals surface area (Å²) < 4.78 is 62.3. The first-order valence-corrected chi connectivity index (χ1v) is 34.0. The smallest absolute Gasteiger partial charge is 0.346 e. The molecule has 0 spiro atoms. The number of methoxy groups -OCH3 is 12. The largest absolute Gasteiger partial charge is 0.465 e. The molecular weight excluding hydrogens is 1420 g/mol. The van der Waals surface area contributed by atoms with Crippen molar-refractivity contribution in [2.75, 3.05) is 85.3 Å². The van der Waals surface area contributed by atoms with Gasteiger partial charge in [-0.1, -0.05) is 141 Å². The Balaban J connectivity index is 1.69. The summed E-state index contributed by atoms with van der Waals surface area (Å²) in [4.78, 5) is 160. The topological polar surface area (TPSA) is 316 Å². The van der Waals surface area contributed by atoms with E-state index in [1.54, 1.807) is 18.2 Å². The van der Waals surface area contributed by atoms with Crippen molar-refractivity contribution in [3.8, 4) is 0 Å². The second-order valence-corrected chi connectivity index (χ2v) is 30.4. The number of esters is 12. The molecule has 36 heteroatoms. The van der Waals surface area contributed by atoms with E-state index in [0.717, 1.165) is 226 Å². The maximum Gasteiger partial charge on any atom is 0.346 e. The first-order valence-electron chi connectivity index (χ1n) is 24.2. The number of hydrogen-bond donors (Lipinski definition) is 0. The molecule has 24 nitrogen and oxygen atoms in total. The minimum absolute atomic E-state index is 0.137. The molecule has 90 heavy (non-hydrogen) atoms. The highest BCUT2D eigenvalue weighted by atomic mass is 32.2. The Hall–Kier alpha value is -6.06. The number of hydrogen-bond acceptors (Lipinski definition) is 36. The lowest BCUT2D eigenvalue weighted by Gasteiger charge is -2.18. The summed E-state index contributed by atoms with van der Waals surface area (Å²) in [5.74, 6) is -11.1. The van der Waals surface area contributed by atoms with Crippen LogP contribution >= 0.6 is 141 Å². The highest BCUT2D eigenvalue weighted by Crippen LogP contribution is 2.61. The van der Waals surface area contributed by atoms with Gasteiger partial charge < -0.3 is 56.8 Å². The van der Waals surface area contributed by atoms with Gasteiger partial charge in [-0.15, -0.1) is 0 Å². The highest BCUT2D eigenvalue weighted by Gasteiger charge is 2.41. The van der Waals surface area contributed by atoms with Crippen molar-refractivity contribution in [1.82, 2.24) is 0 Å². The Morgan fingerprint density at radius 3 is 0.467 bits per heavy atom. The fourth-order valence-electron chi connectivity index (χ4n) is 7.30. The van der Waals surface area contributed by atoms with Gasteiger partial charge in [-0.3, -0.25) is 0 Å². The third kappa shape index (κ3) is 15.5. The van der Waals surface area contributed by atoms with Crippen LogP contribution in [-0.2, 0) is 114 Å². The van der Waals surface area contributed by atoms with Gasteiger partial charge in [0, 0.05) is 16.7 Å². The molecule has 0 bridgehead atoms. The van der Waals surface area contributed by atoms with Crippen LogP contribution < -0.4 is 0 Å². The molecule has 474 valence electrons. The Bertz CT molecular complexity index is 3250. The zero-order valence-corrected chi connectivity index (χ0v) is 58.0. The van der Waals surface area contributed by atoms with Gasteiger partial charge in [-0.25, -0.2) is 57.5 Å². The van der Waals surface area contributed by atoms with Crippen molar-refractivity contribution in [2.45, 2.75) is 0 Å². The Morgan fingerprint density at radius 2 is 0.344 bits per heavy atom. The van der Waals surface area contributed by atoms with Crippen molar-refractivity contribution in [1.29, 1.82) is 0 Å². The van der Waals surface area contributed by atoms with E-state index in [2.05, 4.69) is 0 Å². The molecular formula is C54H42O24S12. The zero-order valence-electron chi connectivity index (χ0n) is 48.2. The zero-order chi connectivity index (χ0) is 66.0. The third-order valence-corrected chi connectivity index (χ3v) is 26.4. The second-order valence-electron chi connectivity index (χ2n) is 16.4. The minimum Gasteiger partial charge on any atom is -0.465 e. The number of benzene rings is 1. The summed E-state index contributed by atoms with van der Waals surface area (Å²) in [6.07, 6.45) is 4.60. The first kappa shape index (κ1) is 71.4. The van der Waals surface area contributed by atoms with Crippen LogP contribution in [0.25, 0.3) is 16.7 Å². The van der Waals surface area contributed by atoms with Crippen LogP contribution in [0.3, 0.4) is 0 Å². The summed E-state index contributed by atoms with van der Waals surface area (Å²) in [6.45, 7) is 0. The Labute approximate surface area is 561 Å². The van der Waals surface area contributed by atoms with Crippen LogP contribution in [0, 0.1) is 0 Å². The number of carbonyl (C=O) groups is 12. The van der Waals surface area contributed by atoms with Gasteiger partial charge in [0.1, 0.15) is 58.9 Å². The molecule has 0 saturated heterocycles. The van der Waals surface area contributed by atoms with Crippen LogP contribution in [-0.4, -0.2) is 157 Å². The van der Waals surface area contributed by atoms with Gasteiger partial charge in [0.2, 0.25) is 0 Å². The molecule has 7 rings (SSSR count). The predicted molar refractivity (Wildman–Crippen MR) is 349 cm³/mol. The molecule has 1 aromatic rings. The lowest BCUT2D eigenvalue weighted by Crippen LogP contribution is -2.08. The molecule has 0 radical (unpaired) electrons. The molecule has 0 unspecified atom stereocenters. The van der Waals surface area contributed by atoms with Gasteiger partial charge in [-0.05, 0) is 53.1 Å². The van der Waals surface area contributed by atoms with E-state index < -0.39 is 71.6 Å². The van der Waals surface area contributed by atoms with E-state index in [1.165, 1.54) is 18.2 Å². The molecule has 1 aromatic carbocycles. The molecule has 6 aliphatic rings. The van der Waals surface area contributed by atoms with Gasteiger partial charge in [0.05, 0.1) is 111 Å². The maximum atomic E-state index is 13.6. The number of rotatable bonds is 18. The van der Waals surface area contributed by atoms with Crippen molar-refractivity contribution in [3.05, 3.63) is 137 Å². The fraction of sp³-hybridized carbons (Fsp3) is 0.222. The molecule has 0 amide bonds. The second kappa shape index (κ2) is 32.0. The number of carbonyl (C=O) groups excluding carboxylic acids is 12. The van der Waals surface area contributed by atoms with E-state index in [9.17, 15) is 57.5 Å². The standard InChI is InChI=1S/C54H42O24S12/c1-67-40(55)28-29(41(56)68-2)80-25(79-28)16-22(52-85-34(46(61)73-7)35(86-52)47(62)74-8)19-13-20(23(53-87-36(48(63)75-9)37(88-53)49(64)76-10)17-26-81-30(42(57)69-3)31(82-26)43(58)70-4)15-21(14-19)24(54-89-38(50(65)77-11)39(90-54)51(66)78-12)18-27-83-32(44(59)71-5)33(84-27)45(60)72-6/h13-18H,1-12H3. The molecule has 6 heterocycles. The lowest BCUT2D eigenvalue weighted by molar-refractivity contribution is -0.138. The molecule has 6 aliphatic heterocycles. The van der Waals surface area contributed by atoms with Crippen molar-refractivity contribution >= 4 is 229 Å². The van der Waals surface area contributed by atoms with E-state index in [-0.39, 0.29) is 118 Å². The summed E-state index contributed by atoms with van der Waals surface area (Å²) >= 11 is 9.58. The summed E-state index contributed by atoms with van der Waals surface area (Å²) in [5.41, 5.74) is 0.858. The molecule has 0 aliphatic carbocycles. The van der Waals surface area contributed by atoms with Crippen LogP contribution in [0.5, 0.6) is 0 Å². The first-order chi connectivity index (χ1) is 43.0. The van der Waals surface area contributed by atoms with Gasteiger partial charge in [0.25, 0.3) is 0 Å². The molecule has 0 atom stereocenters. The van der Waals surface area contributed by atoms with Crippen molar-refractivity contribution in [3.63, 3.8) is 0 Å². The SMILES string of the molecule is COC(=O)C1=C(C(=O)OC)SC(=CC(=C2SC(C(=O)OC)=C(C(=O)OC)S2)c2cc(C(C=C3SC(C(=O)OC)=C(C(=O)OC)S3)=C3SC(C(=O)OC)=C(C(=O)OC)S3)cc(C(C=C3SC(C(=O)OC)=C(C(=O)OC)S3)=C3SC(C(=O)OC)=C(C(=O)OC)S3)c2)S1. The number of thioether (sulfide) groups is 12. The number of ether oxygens (including phenoxy) is 12. The summed E-state index contributed by atoms with van der Waals surface area (Å²) in [6, 6.07) is 4.79. The molecule has 0 aromatic heterocycles. The monoisotopic (exact) mass is 1460 g/mol. The predicted octanol–water partition coefficient (Wildman–Crippen LogP) is 9.44. The quantitative estimate of drug-likeness (QED) is 0.0975. The van der Waals surface area contributed by atoms with Gasteiger partial charge >= 0.3 is 71.6 Å². The normalized spacial score (nSPS) is 16.3. The van der Waals surface area contributed by atoms with Crippen molar-refractivity contribution < 1.29 is 114 Å². The van der Waals surface area contributed by atoms with Crippen LogP contribution in [0.4, 0.5) is 0 Å². The van der Waals surface area contributed by atoms with E-state index >= 15 is 0 Å². The molecule has 0 saturated carbocycles. The third-order valence-electron chi connectivity index (χ3n) is 11.4. The lowest BCUT2D eigenvalue weighted by atomic mass is 9.94. The van der Waals surface area contributed by atoms with Crippen LogP contribution in [0.2, 0.25) is 0 Å². The maximum absolute atomic E-state index is 13.6. The van der Waals surface area contributed by atoms with E-state index in [4.69, 9.17) is 56.8 Å². The van der Waals surface area contributed by atoms with Gasteiger partial charge in [-0.2, -0.15) is 0 Å². The Morgan fingerprint density at radius 1 is 0.222 bits per heavy atom. The summed E-state index contributed by atoms with van der Waals surface area (Å²) in [7, 11) is 13.2. The van der Waals surface area contributed by atoms with Gasteiger partial charge in [0.15, 0.2) is 0 Å². The molecule has 0 N–H and O–H groups in total. The van der Waals surface area contributed by atoms with Crippen LogP contribution in [0.15, 0.2) is 121 Å². The molecule has 0 fully saturated rings. The van der Waals surface area contributed by atoms with E-state index in [1.807, 2.05) is 0 Å². The average molecular weight is 1460 g/mol.